The van der Waals surface area contributed by atoms with Crippen molar-refractivity contribution in [2.45, 2.75) is 24.4 Å². The van der Waals surface area contributed by atoms with Gasteiger partial charge in [0, 0.05) is 49.0 Å². The average molecular weight is 623 g/mol. The molecule has 1 aliphatic rings. The number of rotatable bonds is 9. The van der Waals surface area contributed by atoms with Crippen LogP contribution in [0.25, 0.3) is 11.3 Å². The molecule has 0 bridgehead atoms. The molecule has 3 heterocycles. The molecule has 9 nitrogen and oxygen atoms in total. The molecule has 5 rings (SSSR count). The summed E-state index contributed by atoms with van der Waals surface area (Å²) in [5.41, 5.74) is -0.521. The number of ether oxygens (including phenoxy) is 1. The Morgan fingerprint density at radius 1 is 1.02 bits per heavy atom. The fourth-order valence-electron chi connectivity index (χ4n) is 4.28. The van der Waals surface area contributed by atoms with Crippen molar-refractivity contribution in [3.8, 4) is 22.9 Å². The molecule has 1 aliphatic heterocycles. The highest BCUT2D eigenvalue weighted by Crippen LogP contribution is 2.36. The Labute approximate surface area is 243 Å². The molecule has 2 atom stereocenters. The number of piperidine rings is 1. The second kappa shape index (κ2) is 12.5. The van der Waals surface area contributed by atoms with Crippen LogP contribution >= 0.6 is 11.6 Å². The molecule has 3 N–H and O–H groups in total. The summed E-state index contributed by atoms with van der Waals surface area (Å²) in [6.45, 7) is 0.778. The number of anilines is 2. The Morgan fingerprint density at radius 2 is 1.83 bits per heavy atom. The smallest absolute Gasteiger partial charge is 0.237 e. The van der Waals surface area contributed by atoms with E-state index in [1.807, 2.05) is 0 Å². The third-order valence-corrected chi connectivity index (χ3v) is 7.80. The number of sulfonamides is 1. The zero-order valence-corrected chi connectivity index (χ0v) is 23.2. The molecule has 15 heteroatoms. The standard InChI is InChI=1S/C27H23ClF4N6O3S/c28-19-6-2-1-4-15(19)14-42(39,40)38-25-20(30)11-22(23(31)24(25)32)41-26-18(5-3-8-34-26)21-7-9-35-27(37-21)36-17-10-16(29)12-33-13-17/h1-9,11,16-17,33,38H,10,12-14H2,(H,35,36,37)/t16-,17?/m0/s1. The third kappa shape index (κ3) is 6.89. The van der Waals surface area contributed by atoms with Crippen LogP contribution in [-0.2, 0) is 15.8 Å². The quantitative estimate of drug-likeness (QED) is 0.167. The molecular formula is C27H23ClF4N6O3S. The lowest BCUT2D eigenvalue weighted by Gasteiger charge is -2.26. The van der Waals surface area contributed by atoms with Crippen molar-refractivity contribution in [2.24, 2.45) is 0 Å². The molecular weight excluding hydrogens is 600 g/mol. The molecule has 0 spiro atoms. The van der Waals surface area contributed by atoms with Gasteiger partial charge in [0.15, 0.2) is 17.4 Å². The van der Waals surface area contributed by atoms with Gasteiger partial charge in [0.1, 0.15) is 11.9 Å². The van der Waals surface area contributed by atoms with Crippen LogP contribution < -0.4 is 20.1 Å². The van der Waals surface area contributed by atoms with Crippen molar-refractivity contribution in [3.63, 3.8) is 0 Å². The predicted octanol–water partition coefficient (Wildman–Crippen LogP) is 5.46. The molecule has 4 aromatic rings. The maximum Gasteiger partial charge on any atom is 0.237 e. The van der Waals surface area contributed by atoms with Gasteiger partial charge in [-0.2, -0.15) is 4.39 Å². The fraction of sp³-hybridized carbons (Fsp3) is 0.222. The van der Waals surface area contributed by atoms with Crippen LogP contribution in [0.3, 0.4) is 0 Å². The first-order chi connectivity index (χ1) is 20.1. The molecule has 0 radical (unpaired) electrons. The monoisotopic (exact) mass is 622 g/mol. The van der Waals surface area contributed by atoms with E-state index in [0.29, 0.717) is 12.6 Å². The summed E-state index contributed by atoms with van der Waals surface area (Å²) in [6.07, 6.45) is 2.01. The summed E-state index contributed by atoms with van der Waals surface area (Å²) in [6, 6.07) is 10.9. The van der Waals surface area contributed by atoms with Crippen molar-refractivity contribution in [1.29, 1.82) is 0 Å². The van der Waals surface area contributed by atoms with Gasteiger partial charge < -0.3 is 15.4 Å². The minimum Gasteiger partial charge on any atom is -0.435 e. The topological polar surface area (TPSA) is 118 Å². The van der Waals surface area contributed by atoms with Crippen molar-refractivity contribution in [2.75, 3.05) is 23.1 Å². The highest BCUT2D eigenvalue weighted by Gasteiger charge is 2.26. The van der Waals surface area contributed by atoms with Gasteiger partial charge >= 0.3 is 0 Å². The number of nitrogens with one attached hydrogen (secondary N) is 3. The van der Waals surface area contributed by atoms with E-state index in [0.717, 1.165) is 0 Å². The molecule has 2 aromatic carbocycles. The lowest BCUT2D eigenvalue weighted by Crippen LogP contribution is -2.44. The number of aromatic nitrogens is 3. The fourth-order valence-corrected chi connectivity index (χ4v) is 5.80. The van der Waals surface area contributed by atoms with E-state index in [9.17, 15) is 21.6 Å². The number of hydrogen-bond donors (Lipinski definition) is 3. The lowest BCUT2D eigenvalue weighted by atomic mass is 10.1. The summed E-state index contributed by atoms with van der Waals surface area (Å²) in [4.78, 5) is 12.6. The van der Waals surface area contributed by atoms with Crippen LogP contribution in [0.5, 0.6) is 11.6 Å². The lowest BCUT2D eigenvalue weighted by molar-refractivity contribution is 0.254. The second-order valence-corrected chi connectivity index (χ2v) is 11.5. The van der Waals surface area contributed by atoms with E-state index in [-0.39, 0.29) is 52.7 Å². The van der Waals surface area contributed by atoms with Crippen LogP contribution in [0.2, 0.25) is 5.02 Å². The molecule has 1 fully saturated rings. The Bertz CT molecular complexity index is 1720. The first-order valence-corrected chi connectivity index (χ1v) is 14.6. The van der Waals surface area contributed by atoms with Gasteiger partial charge in [0.25, 0.3) is 0 Å². The summed E-state index contributed by atoms with van der Waals surface area (Å²) >= 11 is 5.98. The van der Waals surface area contributed by atoms with E-state index in [1.54, 1.807) is 22.9 Å². The molecule has 42 heavy (non-hydrogen) atoms. The maximum atomic E-state index is 15.1. The number of halogens is 5. The number of hydrogen-bond acceptors (Lipinski definition) is 8. The molecule has 0 amide bonds. The average Bonchev–Trinajstić information content (AvgIpc) is 2.95. The largest absolute Gasteiger partial charge is 0.435 e. The number of alkyl halides is 1. The highest BCUT2D eigenvalue weighted by molar-refractivity contribution is 7.91. The first kappa shape index (κ1) is 29.5. The number of benzene rings is 2. The van der Waals surface area contributed by atoms with Crippen LogP contribution in [-0.4, -0.2) is 48.7 Å². The Hall–Kier alpha value is -4.01. The van der Waals surface area contributed by atoms with E-state index in [2.05, 4.69) is 25.6 Å². The Kier molecular flexibility index (Phi) is 8.75. The summed E-state index contributed by atoms with van der Waals surface area (Å²) in [5.74, 6) is -6.53. The van der Waals surface area contributed by atoms with Crippen LogP contribution in [0.1, 0.15) is 12.0 Å². The second-order valence-electron chi connectivity index (χ2n) is 9.37. The van der Waals surface area contributed by atoms with Crippen molar-refractivity contribution in [3.05, 3.63) is 89.0 Å². The molecule has 1 saturated heterocycles. The molecule has 0 aliphatic carbocycles. The molecule has 220 valence electrons. The van der Waals surface area contributed by atoms with Gasteiger partial charge in [0.2, 0.25) is 27.7 Å². The van der Waals surface area contributed by atoms with Gasteiger partial charge in [-0.05, 0) is 29.8 Å². The summed E-state index contributed by atoms with van der Waals surface area (Å²) < 4.78 is 91.1. The van der Waals surface area contributed by atoms with Gasteiger partial charge in [-0.25, -0.2) is 36.5 Å². The maximum absolute atomic E-state index is 15.1. The van der Waals surface area contributed by atoms with Gasteiger partial charge in [0.05, 0.1) is 17.0 Å². The Balaban J connectivity index is 1.38. The minimum absolute atomic E-state index is 0.135. The minimum atomic E-state index is -4.38. The molecule has 0 saturated carbocycles. The highest BCUT2D eigenvalue weighted by atomic mass is 35.5. The van der Waals surface area contributed by atoms with E-state index in [1.165, 1.54) is 36.7 Å². The van der Waals surface area contributed by atoms with Crippen molar-refractivity contribution >= 4 is 33.3 Å². The first-order valence-electron chi connectivity index (χ1n) is 12.6. The third-order valence-electron chi connectivity index (χ3n) is 6.23. The summed E-state index contributed by atoms with van der Waals surface area (Å²) in [7, 11) is -4.38. The zero-order chi connectivity index (χ0) is 29.9. The van der Waals surface area contributed by atoms with E-state index in [4.69, 9.17) is 16.3 Å². The van der Waals surface area contributed by atoms with Crippen LogP contribution in [0.4, 0.5) is 29.2 Å². The van der Waals surface area contributed by atoms with Crippen LogP contribution in [0.15, 0.2) is 60.9 Å². The van der Waals surface area contributed by atoms with Gasteiger partial charge in [-0.3, -0.25) is 4.72 Å². The van der Waals surface area contributed by atoms with E-state index < -0.39 is 50.8 Å². The number of pyridine rings is 1. The zero-order valence-electron chi connectivity index (χ0n) is 21.6. The number of nitrogens with zero attached hydrogens (tertiary/aromatic N) is 3. The van der Waals surface area contributed by atoms with E-state index >= 15 is 4.39 Å². The normalized spacial score (nSPS) is 17.1. The predicted molar refractivity (Wildman–Crippen MR) is 149 cm³/mol. The Morgan fingerprint density at radius 3 is 2.62 bits per heavy atom. The SMILES string of the molecule is O=S(=O)(Cc1ccccc1Cl)Nc1c(F)cc(Oc2ncccc2-c2ccnc(NC3CNC[C@@H](F)C3)n2)c(F)c1F. The summed E-state index contributed by atoms with van der Waals surface area (Å²) in [5, 5.41) is 6.15. The van der Waals surface area contributed by atoms with Gasteiger partial charge in [-0.1, -0.05) is 29.8 Å². The van der Waals surface area contributed by atoms with Crippen molar-refractivity contribution in [1.82, 2.24) is 20.3 Å². The van der Waals surface area contributed by atoms with Crippen LogP contribution in [0, 0.1) is 17.5 Å². The van der Waals surface area contributed by atoms with Crippen molar-refractivity contribution < 1.29 is 30.7 Å². The molecule has 1 unspecified atom stereocenters. The van der Waals surface area contributed by atoms with Gasteiger partial charge in [-0.15, -0.1) is 0 Å². The molecule has 2 aromatic heterocycles.